The number of nitrogen functional groups attached to an aromatic ring is 1. The van der Waals surface area contributed by atoms with Crippen LogP contribution in [0.15, 0.2) is 23.1 Å². The topological polar surface area (TPSA) is 98.9 Å². The van der Waals surface area contributed by atoms with E-state index < -0.39 is 16.0 Å². The minimum atomic E-state index is -3.76. The van der Waals surface area contributed by atoms with Crippen molar-refractivity contribution in [2.24, 2.45) is 0 Å². The van der Waals surface area contributed by atoms with E-state index in [-0.39, 0.29) is 30.2 Å². The van der Waals surface area contributed by atoms with E-state index in [0.717, 1.165) is 4.31 Å². The van der Waals surface area contributed by atoms with Crippen LogP contribution < -0.4 is 10.5 Å². The van der Waals surface area contributed by atoms with Gasteiger partial charge in [0.1, 0.15) is 10.6 Å². The molecule has 1 aromatic rings. The van der Waals surface area contributed by atoms with Crippen LogP contribution in [0.25, 0.3) is 0 Å². The van der Waals surface area contributed by atoms with Crippen molar-refractivity contribution in [2.75, 3.05) is 33.0 Å². The van der Waals surface area contributed by atoms with Crippen molar-refractivity contribution in [3.63, 3.8) is 0 Å². The quantitative estimate of drug-likeness (QED) is 0.591. The van der Waals surface area contributed by atoms with Gasteiger partial charge >= 0.3 is 5.97 Å². The second-order valence-electron chi connectivity index (χ2n) is 4.29. The Morgan fingerprint density at radius 1 is 1.38 bits per heavy atom. The Morgan fingerprint density at radius 2 is 2.05 bits per heavy atom. The van der Waals surface area contributed by atoms with Crippen LogP contribution in [-0.2, 0) is 19.6 Å². The van der Waals surface area contributed by atoms with Gasteiger partial charge in [0.15, 0.2) is 0 Å². The molecule has 2 N–H and O–H groups in total. The van der Waals surface area contributed by atoms with Gasteiger partial charge in [-0.05, 0) is 19.1 Å². The molecule has 0 saturated heterocycles. The van der Waals surface area contributed by atoms with Crippen LogP contribution in [0.4, 0.5) is 5.69 Å². The third-order valence-corrected chi connectivity index (χ3v) is 4.71. The number of sulfonamides is 1. The molecule has 0 atom stereocenters. The molecule has 0 radical (unpaired) electrons. The second-order valence-corrected chi connectivity index (χ2v) is 6.31. The Bertz CT molecular complexity index is 601. The van der Waals surface area contributed by atoms with Gasteiger partial charge in [-0.2, -0.15) is 0 Å². The smallest absolute Gasteiger partial charge is 0.307 e. The Labute approximate surface area is 124 Å². The number of hydrogen-bond acceptors (Lipinski definition) is 6. The first-order chi connectivity index (χ1) is 9.82. The largest absolute Gasteiger partial charge is 0.495 e. The Kier molecular flexibility index (Phi) is 5.98. The molecule has 0 bridgehead atoms. The van der Waals surface area contributed by atoms with Gasteiger partial charge in [-0.1, -0.05) is 0 Å². The first-order valence-electron chi connectivity index (χ1n) is 6.38. The van der Waals surface area contributed by atoms with Crippen LogP contribution in [0.1, 0.15) is 13.3 Å². The molecule has 7 nitrogen and oxygen atoms in total. The van der Waals surface area contributed by atoms with Crippen LogP contribution in [0.2, 0.25) is 0 Å². The number of nitrogens with two attached hydrogens (primary N) is 1. The predicted molar refractivity (Wildman–Crippen MR) is 78.5 cm³/mol. The lowest BCUT2D eigenvalue weighted by Gasteiger charge is -2.18. The summed E-state index contributed by atoms with van der Waals surface area (Å²) in [4.78, 5) is 11.3. The molecule has 0 saturated carbocycles. The molecule has 0 aliphatic carbocycles. The summed E-state index contributed by atoms with van der Waals surface area (Å²) in [5.41, 5.74) is 6.01. The van der Waals surface area contributed by atoms with Gasteiger partial charge in [0.2, 0.25) is 10.0 Å². The monoisotopic (exact) mass is 316 g/mol. The fourth-order valence-corrected chi connectivity index (χ4v) is 2.97. The summed E-state index contributed by atoms with van der Waals surface area (Å²) in [6.07, 6.45) is -0.0130. The van der Waals surface area contributed by atoms with E-state index >= 15 is 0 Å². The predicted octanol–water partition coefficient (Wildman–Crippen LogP) is 0.851. The van der Waals surface area contributed by atoms with Crippen molar-refractivity contribution in [1.82, 2.24) is 4.31 Å². The molecule has 0 aliphatic heterocycles. The standard InChI is InChI=1S/C13H20N2O5S/c1-4-20-13(16)7-8-15(2)21(17,18)12-6-5-10(14)9-11(12)19-3/h5-6,9H,4,7-8,14H2,1-3H3. The molecule has 8 heteroatoms. The van der Waals surface area contributed by atoms with Gasteiger partial charge in [-0.15, -0.1) is 0 Å². The fourth-order valence-electron chi connectivity index (χ4n) is 1.67. The summed E-state index contributed by atoms with van der Waals surface area (Å²) < 4.78 is 35.8. The van der Waals surface area contributed by atoms with Crippen LogP contribution in [0.3, 0.4) is 0 Å². The van der Waals surface area contributed by atoms with Crippen LogP contribution in [0, 0.1) is 0 Å². The maximum Gasteiger partial charge on any atom is 0.307 e. The number of methoxy groups -OCH3 is 1. The molecule has 1 rings (SSSR count). The molecule has 0 aliphatic rings. The van der Waals surface area contributed by atoms with Crippen LogP contribution >= 0.6 is 0 Å². The van der Waals surface area contributed by atoms with Gasteiger partial charge in [0.05, 0.1) is 20.1 Å². The lowest BCUT2D eigenvalue weighted by atomic mass is 10.3. The zero-order valence-corrected chi connectivity index (χ0v) is 13.1. The van der Waals surface area contributed by atoms with Crippen LogP contribution in [0.5, 0.6) is 5.75 Å². The molecular formula is C13H20N2O5S. The number of esters is 1. The number of rotatable bonds is 7. The summed E-state index contributed by atoms with van der Waals surface area (Å²) in [5.74, 6) is -0.276. The van der Waals surface area contributed by atoms with E-state index in [1.54, 1.807) is 6.92 Å². The summed E-state index contributed by atoms with van der Waals surface area (Å²) in [5, 5.41) is 0. The minimum Gasteiger partial charge on any atom is -0.495 e. The Balaban J connectivity index is 2.92. The maximum absolute atomic E-state index is 12.4. The van der Waals surface area contributed by atoms with Gasteiger partial charge in [0, 0.05) is 25.3 Å². The van der Waals surface area contributed by atoms with Crippen LogP contribution in [-0.4, -0.2) is 46.0 Å². The molecule has 0 spiro atoms. The zero-order valence-electron chi connectivity index (χ0n) is 12.3. The highest BCUT2D eigenvalue weighted by molar-refractivity contribution is 7.89. The normalized spacial score (nSPS) is 11.4. The van der Waals surface area contributed by atoms with E-state index in [0.29, 0.717) is 5.69 Å². The van der Waals surface area contributed by atoms with Crippen molar-refractivity contribution >= 4 is 21.7 Å². The van der Waals surface area contributed by atoms with E-state index in [2.05, 4.69) is 0 Å². The second kappa shape index (κ2) is 7.28. The first kappa shape index (κ1) is 17.3. The van der Waals surface area contributed by atoms with Gasteiger partial charge in [-0.3, -0.25) is 4.79 Å². The highest BCUT2D eigenvalue weighted by Gasteiger charge is 2.25. The third kappa shape index (κ3) is 4.33. The number of carbonyl (C=O) groups is 1. The first-order valence-corrected chi connectivity index (χ1v) is 7.82. The van der Waals surface area contributed by atoms with Crippen molar-refractivity contribution in [2.45, 2.75) is 18.2 Å². The van der Waals surface area contributed by atoms with E-state index in [4.69, 9.17) is 15.2 Å². The highest BCUT2D eigenvalue weighted by Crippen LogP contribution is 2.28. The highest BCUT2D eigenvalue weighted by atomic mass is 32.2. The van der Waals surface area contributed by atoms with Crippen molar-refractivity contribution < 1.29 is 22.7 Å². The fraction of sp³-hybridized carbons (Fsp3) is 0.462. The average Bonchev–Trinajstić information content (AvgIpc) is 2.44. The Hall–Kier alpha value is -1.80. The molecule has 0 unspecified atom stereocenters. The Morgan fingerprint density at radius 3 is 2.62 bits per heavy atom. The zero-order chi connectivity index (χ0) is 16.0. The number of benzene rings is 1. The van der Waals surface area contributed by atoms with E-state index in [1.165, 1.54) is 32.4 Å². The van der Waals surface area contributed by atoms with E-state index in [9.17, 15) is 13.2 Å². The summed E-state index contributed by atoms with van der Waals surface area (Å²) in [7, 11) is -1.00. The maximum atomic E-state index is 12.4. The number of ether oxygens (including phenoxy) is 2. The molecule has 0 heterocycles. The molecule has 1 aromatic carbocycles. The number of anilines is 1. The van der Waals surface area contributed by atoms with Gasteiger partial charge < -0.3 is 15.2 Å². The third-order valence-electron chi connectivity index (χ3n) is 2.81. The summed E-state index contributed by atoms with van der Waals surface area (Å²) in [6, 6.07) is 4.30. The number of nitrogens with zero attached hydrogens (tertiary/aromatic N) is 1. The summed E-state index contributed by atoms with van der Waals surface area (Å²) in [6.45, 7) is 1.98. The lowest BCUT2D eigenvalue weighted by Crippen LogP contribution is -2.30. The minimum absolute atomic E-state index is 0.00515. The SMILES string of the molecule is CCOC(=O)CCN(C)S(=O)(=O)c1ccc(N)cc1OC. The van der Waals surface area contributed by atoms with Gasteiger partial charge in [0.25, 0.3) is 0 Å². The van der Waals surface area contributed by atoms with Gasteiger partial charge in [-0.25, -0.2) is 12.7 Å². The molecule has 0 aromatic heterocycles. The molecule has 0 amide bonds. The summed E-state index contributed by atoms with van der Waals surface area (Å²) >= 11 is 0. The van der Waals surface area contributed by atoms with E-state index in [1.807, 2.05) is 0 Å². The number of hydrogen-bond donors (Lipinski definition) is 1. The van der Waals surface area contributed by atoms with Crippen molar-refractivity contribution in [3.05, 3.63) is 18.2 Å². The molecule has 0 fully saturated rings. The number of carbonyl (C=O) groups excluding carboxylic acids is 1. The van der Waals surface area contributed by atoms with Crippen molar-refractivity contribution in [3.8, 4) is 5.75 Å². The molecule has 118 valence electrons. The lowest BCUT2D eigenvalue weighted by molar-refractivity contribution is -0.143. The average molecular weight is 316 g/mol. The van der Waals surface area contributed by atoms with Crippen molar-refractivity contribution in [1.29, 1.82) is 0 Å². The molecule has 21 heavy (non-hydrogen) atoms. The molecular weight excluding hydrogens is 296 g/mol.